The number of sulfone groups is 1. The standard InChI is InChI=1S/C19H28N4O4S/c1-5-23(6-2)16-8-9-17(15(3)14-16)22(4)19(24)27-12-13-28(25,26)18-20-10-7-11-21-18/h7-11,14,19,24H,5-6,12-13H2,1-4H3. The number of anilines is 2. The van der Waals surface area contributed by atoms with Crippen LogP contribution in [0.25, 0.3) is 0 Å². The van der Waals surface area contributed by atoms with Crippen molar-refractivity contribution in [3.8, 4) is 0 Å². The average Bonchev–Trinajstić information content (AvgIpc) is 2.69. The van der Waals surface area contributed by atoms with Crippen molar-refractivity contribution in [2.45, 2.75) is 32.3 Å². The van der Waals surface area contributed by atoms with Gasteiger partial charge in [0.15, 0.2) is 0 Å². The van der Waals surface area contributed by atoms with Gasteiger partial charge in [0.1, 0.15) is 0 Å². The minimum atomic E-state index is -3.66. The van der Waals surface area contributed by atoms with Gasteiger partial charge in [-0.1, -0.05) is 0 Å². The third-order valence-electron chi connectivity index (χ3n) is 4.46. The minimum absolute atomic E-state index is 0.178. The van der Waals surface area contributed by atoms with Gasteiger partial charge in [0, 0.05) is 43.9 Å². The van der Waals surface area contributed by atoms with Crippen molar-refractivity contribution in [2.75, 3.05) is 42.3 Å². The molecule has 1 heterocycles. The molecular formula is C19H28N4O4S. The molecule has 0 radical (unpaired) electrons. The monoisotopic (exact) mass is 408 g/mol. The van der Waals surface area contributed by atoms with Gasteiger partial charge >= 0.3 is 0 Å². The molecule has 8 nitrogen and oxygen atoms in total. The molecule has 1 atom stereocenters. The van der Waals surface area contributed by atoms with E-state index in [1.807, 2.05) is 19.1 Å². The van der Waals surface area contributed by atoms with Crippen LogP contribution in [-0.4, -0.2) is 62.4 Å². The fraction of sp³-hybridized carbons (Fsp3) is 0.474. The van der Waals surface area contributed by atoms with Crippen LogP contribution in [0.1, 0.15) is 19.4 Å². The van der Waals surface area contributed by atoms with E-state index in [2.05, 4.69) is 34.8 Å². The molecule has 2 aromatic rings. The largest absolute Gasteiger partial charge is 0.372 e. The van der Waals surface area contributed by atoms with Gasteiger partial charge < -0.3 is 19.6 Å². The quantitative estimate of drug-likeness (QED) is 0.470. The maximum Gasteiger partial charge on any atom is 0.247 e. The number of aliphatic hydroxyl groups is 1. The van der Waals surface area contributed by atoms with Crippen molar-refractivity contribution in [2.24, 2.45) is 0 Å². The lowest BCUT2D eigenvalue weighted by Crippen LogP contribution is -2.35. The van der Waals surface area contributed by atoms with Crippen LogP contribution in [-0.2, 0) is 14.6 Å². The Morgan fingerprint density at radius 2 is 1.82 bits per heavy atom. The van der Waals surface area contributed by atoms with E-state index in [1.165, 1.54) is 12.4 Å². The van der Waals surface area contributed by atoms with Crippen LogP contribution in [0.2, 0.25) is 0 Å². The predicted molar refractivity (Wildman–Crippen MR) is 109 cm³/mol. The second-order valence-electron chi connectivity index (χ2n) is 6.30. The maximum absolute atomic E-state index is 12.2. The highest BCUT2D eigenvalue weighted by atomic mass is 32.2. The van der Waals surface area contributed by atoms with Crippen LogP contribution in [0, 0.1) is 6.92 Å². The van der Waals surface area contributed by atoms with Crippen molar-refractivity contribution in [3.63, 3.8) is 0 Å². The average molecular weight is 409 g/mol. The summed E-state index contributed by atoms with van der Waals surface area (Å²) in [5.74, 6) is -0.318. The molecular weight excluding hydrogens is 380 g/mol. The topological polar surface area (TPSA) is 95.9 Å². The van der Waals surface area contributed by atoms with E-state index in [0.717, 1.165) is 30.0 Å². The van der Waals surface area contributed by atoms with E-state index in [0.29, 0.717) is 0 Å². The number of aliphatic hydroxyl groups excluding tert-OH is 1. The molecule has 1 unspecified atom stereocenters. The fourth-order valence-corrected chi connectivity index (χ4v) is 3.79. The SMILES string of the molecule is CCN(CC)c1ccc(N(C)C(O)OCCS(=O)(=O)c2ncccn2)c(C)c1. The lowest BCUT2D eigenvalue weighted by atomic mass is 10.1. The first-order valence-electron chi connectivity index (χ1n) is 9.18. The number of hydrogen-bond acceptors (Lipinski definition) is 8. The van der Waals surface area contributed by atoms with Gasteiger partial charge in [-0.3, -0.25) is 0 Å². The molecule has 0 bridgehead atoms. The molecule has 1 aromatic carbocycles. The number of nitrogens with zero attached hydrogens (tertiary/aromatic N) is 4. The summed E-state index contributed by atoms with van der Waals surface area (Å²) >= 11 is 0. The van der Waals surface area contributed by atoms with Crippen molar-refractivity contribution in [1.29, 1.82) is 0 Å². The van der Waals surface area contributed by atoms with Crippen LogP contribution in [0.4, 0.5) is 11.4 Å². The zero-order chi connectivity index (χ0) is 20.7. The Bertz CT molecular complexity index is 857. The van der Waals surface area contributed by atoms with Crippen LogP contribution in [0.15, 0.2) is 41.8 Å². The maximum atomic E-state index is 12.2. The molecule has 0 saturated heterocycles. The van der Waals surface area contributed by atoms with Gasteiger partial charge in [-0.25, -0.2) is 18.4 Å². The van der Waals surface area contributed by atoms with Gasteiger partial charge in [0.25, 0.3) is 0 Å². The van der Waals surface area contributed by atoms with Crippen molar-refractivity contribution >= 4 is 21.2 Å². The predicted octanol–water partition coefficient (Wildman–Crippen LogP) is 1.83. The molecule has 0 amide bonds. The van der Waals surface area contributed by atoms with Gasteiger partial charge in [0.2, 0.25) is 21.4 Å². The number of aromatic nitrogens is 2. The Balaban J connectivity index is 1.98. The Kier molecular flexibility index (Phi) is 7.73. The Morgan fingerprint density at radius 1 is 1.18 bits per heavy atom. The zero-order valence-electron chi connectivity index (χ0n) is 16.7. The smallest absolute Gasteiger partial charge is 0.247 e. The van der Waals surface area contributed by atoms with E-state index in [9.17, 15) is 13.5 Å². The number of rotatable bonds is 10. The molecule has 0 saturated carbocycles. The first-order chi connectivity index (χ1) is 13.3. The van der Waals surface area contributed by atoms with Gasteiger partial charge in [-0.15, -0.1) is 0 Å². The molecule has 9 heteroatoms. The van der Waals surface area contributed by atoms with Gasteiger partial charge in [0.05, 0.1) is 12.4 Å². The molecule has 0 aliphatic heterocycles. The Hall–Kier alpha value is -2.23. The molecule has 0 aliphatic carbocycles. The van der Waals surface area contributed by atoms with Crippen LogP contribution in [0.5, 0.6) is 0 Å². The third kappa shape index (κ3) is 5.40. The summed E-state index contributed by atoms with van der Waals surface area (Å²) in [5.41, 5.74) is 2.90. The molecule has 0 fully saturated rings. The summed E-state index contributed by atoms with van der Waals surface area (Å²) < 4.78 is 29.6. The van der Waals surface area contributed by atoms with Crippen molar-refractivity contribution in [3.05, 3.63) is 42.2 Å². The highest BCUT2D eigenvalue weighted by molar-refractivity contribution is 7.91. The first kappa shape index (κ1) is 22.1. The molecule has 0 spiro atoms. The number of benzene rings is 1. The second-order valence-corrected chi connectivity index (χ2v) is 8.30. The molecule has 0 aliphatic rings. The summed E-state index contributed by atoms with van der Waals surface area (Å²) in [6.45, 7) is 7.81. The second kappa shape index (κ2) is 9.81. The lowest BCUT2D eigenvalue weighted by molar-refractivity contribution is -0.0910. The summed E-state index contributed by atoms with van der Waals surface area (Å²) in [6.07, 6.45) is 1.46. The highest BCUT2D eigenvalue weighted by Gasteiger charge is 2.20. The van der Waals surface area contributed by atoms with Crippen LogP contribution < -0.4 is 9.80 Å². The summed E-state index contributed by atoms with van der Waals surface area (Å²) in [7, 11) is -1.96. The van der Waals surface area contributed by atoms with Crippen LogP contribution in [0.3, 0.4) is 0 Å². The molecule has 2 rings (SSSR count). The normalized spacial score (nSPS) is 12.6. The van der Waals surface area contributed by atoms with E-state index in [4.69, 9.17) is 4.74 Å². The van der Waals surface area contributed by atoms with Gasteiger partial charge in [-0.05, 0) is 50.6 Å². The highest BCUT2D eigenvalue weighted by Crippen LogP contribution is 2.26. The summed E-state index contributed by atoms with van der Waals surface area (Å²) in [5, 5.41) is 10.1. The zero-order valence-corrected chi connectivity index (χ0v) is 17.6. The molecule has 1 N–H and O–H groups in total. The van der Waals surface area contributed by atoms with E-state index >= 15 is 0 Å². The molecule has 28 heavy (non-hydrogen) atoms. The lowest BCUT2D eigenvalue weighted by Gasteiger charge is -2.28. The van der Waals surface area contributed by atoms with E-state index < -0.39 is 16.3 Å². The van der Waals surface area contributed by atoms with Crippen LogP contribution >= 0.6 is 0 Å². The van der Waals surface area contributed by atoms with Crippen molar-refractivity contribution in [1.82, 2.24) is 9.97 Å². The first-order valence-corrected chi connectivity index (χ1v) is 10.8. The van der Waals surface area contributed by atoms with Gasteiger partial charge in [-0.2, -0.15) is 0 Å². The fourth-order valence-electron chi connectivity index (χ4n) is 2.85. The Labute approximate surface area is 166 Å². The number of aryl methyl sites for hydroxylation is 1. The molecule has 154 valence electrons. The van der Waals surface area contributed by atoms with E-state index in [1.54, 1.807) is 18.0 Å². The molecule has 1 aromatic heterocycles. The summed E-state index contributed by atoms with van der Waals surface area (Å²) in [6, 6.07) is 7.52. The van der Waals surface area contributed by atoms with Crippen molar-refractivity contribution < 1.29 is 18.3 Å². The minimum Gasteiger partial charge on any atom is -0.372 e. The number of hydrogen-bond donors (Lipinski definition) is 1. The third-order valence-corrected chi connectivity index (χ3v) is 5.93. The number of ether oxygens (including phenoxy) is 1. The summed E-state index contributed by atoms with van der Waals surface area (Å²) in [4.78, 5) is 11.3. The van der Waals surface area contributed by atoms with E-state index in [-0.39, 0.29) is 17.5 Å². The Morgan fingerprint density at radius 3 is 2.39 bits per heavy atom.